The van der Waals surface area contributed by atoms with Crippen LogP contribution in [-0.4, -0.2) is 47.8 Å². The lowest BCUT2D eigenvalue weighted by molar-refractivity contribution is -0.908. The van der Waals surface area contributed by atoms with E-state index in [-0.39, 0.29) is 11.9 Å². The highest BCUT2D eigenvalue weighted by molar-refractivity contribution is 5.79. The van der Waals surface area contributed by atoms with Gasteiger partial charge in [0.2, 0.25) is 0 Å². The van der Waals surface area contributed by atoms with Crippen molar-refractivity contribution in [2.24, 2.45) is 0 Å². The molecule has 0 radical (unpaired) electrons. The van der Waals surface area contributed by atoms with E-state index in [1.54, 1.807) is 19.0 Å². The Morgan fingerprint density at radius 2 is 1.87 bits per heavy atom. The van der Waals surface area contributed by atoms with Crippen molar-refractivity contribution in [2.45, 2.75) is 33.4 Å². The Balaban J connectivity index is 2.25. The molecule has 124 valence electrons. The van der Waals surface area contributed by atoms with Gasteiger partial charge in [0.25, 0.3) is 5.91 Å². The third-order valence-corrected chi connectivity index (χ3v) is 4.45. The third-order valence-electron chi connectivity index (χ3n) is 4.45. The molecular weight excluding hydrogens is 288 g/mol. The van der Waals surface area contributed by atoms with Gasteiger partial charge in [0, 0.05) is 14.1 Å². The number of nitrogens with zero attached hydrogens (tertiary/aromatic N) is 3. The summed E-state index contributed by atoms with van der Waals surface area (Å²) in [4.78, 5) is 15.0. The van der Waals surface area contributed by atoms with Gasteiger partial charge < -0.3 is 9.80 Å². The van der Waals surface area contributed by atoms with Crippen LogP contribution in [0.25, 0.3) is 5.69 Å². The van der Waals surface area contributed by atoms with Gasteiger partial charge in [-0.15, -0.1) is 0 Å². The number of para-hydroxylation sites is 1. The first-order valence-electron chi connectivity index (χ1n) is 7.97. The second kappa shape index (κ2) is 6.96. The molecule has 1 heterocycles. The molecule has 23 heavy (non-hydrogen) atoms. The molecule has 2 atom stereocenters. The number of carbonyl (C=O) groups excluding carboxylic acids is 1. The maximum absolute atomic E-state index is 12.2. The van der Waals surface area contributed by atoms with E-state index < -0.39 is 0 Å². The predicted molar refractivity (Wildman–Crippen MR) is 91.8 cm³/mol. The minimum Gasteiger partial charge on any atom is -0.344 e. The molecule has 5 nitrogen and oxygen atoms in total. The first kappa shape index (κ1) is 17.2. The normalized spacial score (nSPS) is 13.7. The average molecular weight is 315 g/mol. The van der Waals surface area contributed by atoms with E-state index in [1.807, 2.05) is 36.7 Å². The minimum atomic E-state index is -0.0797. The van der Waals surface area contributed by atoms with Crippen LogP contribution in [0.2, 0.25) is 0 Å². The zero-order valence-corrected chi connectivity index (χ0v) is 14.9. The molecule has 0 saturated heterocycles. The van der Waals surface area contributed by atoms with Crippen molar-refractivity contribution in [1.82, 2.24) is 14.7 Å². The highest BCUT2D eigenvalue weighted by atomic mass is 16.2. The van der Waals surface area contributed by atoms with E-state index in [2.05, 4.69) is 31.2 Å². The summed E-state index contributed by atoms with van der Waals surface area (Å²) in [5, 5.41) is 4.68. The summed E-state index contributed by atoms with van der Waals surface area (Å²) in [6.07, 6.45) is 0. The van der Waals surface area contributed by atoms with Crippen LogP contribution >= 0.6 is 0 Å². The monoisotopic (exact) mass is 315 g/mol. The lowest BCUT2D eigenvalue weighted by Crippen LogP contribution is -3.12. The molecular formula is C18H27N4O+. The van der Waals surface area contributed by atoms with Gasteiger partial charge in [-0.05, 0) is 32.9 Å². The second-order valence-corrected chi connectivity index (χ2v) is 6.37. The molecule has 0 aliphatic carbocycles. The molecule has 1 aromatic heterocycles. The Bertz CT molecular complexity index is 676. The standard InChI is InChI=1S/C18H26N4O/c1-13-17(12-21(6)15(3)18(23)20(4)5)14(2)22(19-13)16-10-8-7-9-11-16/h7-11,15H,12H2,1-6H3/p+1/t15-/m1/s1. The number of hydrogen-bond acceptors (Lipinski definition) is 2. The Kier molecular flexibility index (Phi) is 5.21. The van der Waals surface area contributed by atoms with Gasteiger partial charge in [-0.2, -0.15) is 5.10 Å². The van der Waals surface area contributed by atoms with Crippen LogP contribution in [0.5, 0.6) is 0 Å². The zero-order valence-electron chi connectivity index (χ0n) is 14.9. The van der Waals surface area contributed by atoms with Gasteiger partial charge in [0.15, 0.2) is 6.04 Å². The molecule has 2 aromatic rings. The molecule has 1 amide bonds. The fourth-order valence-electron chi connectivity index (χ4n) is 2.78. The molecule has 0 aliphatic heterocycles. The molecule has 0 bridgehead atoms. The molecule has 0 fully saturated rings. The Morgan fingerprint density at radius 3 is 2.43 bits per heavy atom. The molecule has 0 saturated carbocycles. The summed E-state index contributed by atoms with van der Waals surface area (Å²) in [6.45, 7) is 6.89. The van der Waals surface area contributed by atoms with Crippen LogP contribution in [0.3, 0.4) is 0 Å². The van der Waals surface area contributed by atoms with Crippen molar-refractivity contribution in [2.75, 3.05) is 21.1 Å². The van der Waals surface area contributed by atoms with Gasteiger partial charge in [-0.1, -0.05) is 18.2 Å². The summed E-state index contributed by atoms with van der Waals surface area (Å²) in [5.74, 6) is 0.147. The van der Waals surface area contributed by atoms with Crippen LogP contribution in [0.15, 0.2) is 30.3 Å². The lowest BCUT2D eigenvalue weighted by atomic mass is 10.1. The lowest BCUT2D eigenvalue weighted by Gasteiger charge is -2.23. The van der Waals surface area contributed by atoms with Gasteiger partial charge in [0.1, 0.15) is 6.54 Å². The zero-order chi connectivity index (χ0) is 17.1. The van der Waals surface area contributed by atoms with Crippen molar-refractivity contribution >= 4 is 5.91 Å². The fourth-order valence-corrected chi connectivity index (χ4v) is 2.78. The van der Waals surface area contributed by atoms with Gasteiger partial charge in [0.05, 0.1) is 29.7 Å². The molecule has 0 spiro atoms. The van der Waals surface area contributed by atoms with E-state index in [9.17, 15) is 4.79 Å². The van der Waals surface area contributed by atoms with Crippen LogP contribution < -0.4 is 4.90 Å². The van der Waals surface area contributed by atoms with Crippen LogP contribution in [0, 0.1) is 13.8 Å². The highest BCUT2D eigenvalue weighted by Gasteiger charge is 2.25. The molecule has 1 unspecified atom stereocenters. The largest absolute Gasteiger partial charge is 0.344 e. The second-order valence-electron chi connectivity index (χ2n) is 6.37. The number of likely N-dealkylation sites (N-methyl/N-ethyl adjacent to an activating group) is 2. The maximum Gasteiger partial charge on any atom is 0.280 e. The summed E-state index contributed by atoms with van der Waals surface area (Å²) < 4.78 is 1.98. The smallest absolute Gasteiger partial charge is 0.280 e. The molecule has 2 rings (SSSR count). The number of aromatic nitrogens is 2. The van der Waals surface area contributed by atoms with Crippen molar-refractivity contribution < 1.29 is 9.69 Å². The van der Waals surface area contributed by atoms with E-state index in [0.717, 1.165) is 23.6 Å². The van der Waals surface area contributed by atoms with Crippen LogP contribution in [0.1, 0.15) is 23.9 Å². The average Bonchev–Trinajstić information content (AvgIpc) is 2.82. The third kappa shape index (κ3) is 3.62. The maximum atomic E-state index is 12.2. The molecule has 1 N–H and O–H groups in total. The summed E-state index contributed by atoms with van der Waals surface area (Å²) in [7, 11) is 5.66. The van der Waals surface area contributed by atoms with Gasteiger partial charge in [-0.3, -0.25) is 4.79 Å². The van der Waals surface area contributed by atoms with Crippen molar-refractivity contribution in [3.63, 3.8) is 0 Å². The quantitative estimate of drug-likeness (QED) is 0.894. The number of rotatable bonds is 5. The number of hydrogen-bond donors (Lipinski definition) is 1. The summed E-state index contributed by atoms with van der Waals surface area (Å²) >= 11 is 0. The minimum absolute atomic E-state index is 0.0797. The predicted octanol–water partition coefficient (Wildman–Crippen LogP) is 0.981. The molecule has 1 aromatic carbocycles. The van der Waals surface area contributed by atoms with E-state index >= 15 is 0 Å². The number of aryl methyl sites for hydroxylation is 1. The Labute approximate surface area is 138 Å². The SMILES string of the molecule is Cc1nn(-c2ccccc2)c(C)c1C[NH+](C)[C@H](C)C(=O)N(C)C. The van der Waals surface area contributed by atoms with Crippen molar-refractivity contribution in [1.29, 1.82) is 0 Å². The van der Waals surface area contributed by atoms with E-state index in [0.29, 0.717) is 0 Å². The number of quaternary nitrogens is 1. The topological polar surface area (TPSA) is 42.6 Å². The first-order chi connectivity index (χ1) is 10.8. The summed E-state index contributed by atoms with van der Waals surface area (Å²) in [5.41, 5.74) is 4.44. The van der Waals surface area contributed by atoms with Crippen molar-refractivity contribution in [3.8, 4) is 5.69 Å². The number of carbonyl (C=O) groups is 1. The number of amides is 1. The van der Waals surface area contributed by atoms with Crippen LogP contribution in [-0.2, 0) is 11.3 Å². The van der Waals surface area contributed by atoms with Gasteiger partial charge in [-0.25, -0.2) is 4.68 Å². The fraction of sp³-hybridized carbons (Fsp3) is 0.444. The highest BCUT2D eigenvalue weighted by Crippen LogP contribution is 2.17. The van der Waals surface area contributed by atoms with Crippen molar-refractivity contribution in [3.05, 3.63) is 47.3 Å². The Morgan fingerprint density at radius 1 is 1.26 bits per heavy atom. The molecule has 0 aliphatic rings. The summed E-state index contributed by atoms with van der Waals surface area (Å²) in [6, 6.07) is 10.1. The van der Waals surface area contributed by atoms with E-state index in [4.69, 9.17) is 0 Å². The van der Waals surface area contributed by atoms with Crippen LogP contribution in [0.4, 0.5) is 0 Å². The number of nitrogens with one attached hydrogen (secondary N) is 1. The first-order valence-corrected chi connectivity index (χ1v) is 7.97. The van der Waals surface area contributed by atoms with E-state index in [1.165, 1.54) is 10.5 Å². The van der Waals surface area contributed by atoms with Gasteiger partial charge >= 0.3 is 0 Å². The number of benzene rings is 1. The Hall–Kier alpha value is -2.14. The molecule has 5 heteroatoms.